The van der Waals surface area contributed by atoms with Crippen LogP contribution in [0.1, 0.15) is 0 Å². The Balaban J connectivity index is 1.56. The van der Waals surface area contributed by atoms with Gasteiger partial charge in [0.2, 0.25) is 5.95 Å². The molecule has 4 rings (SSSR count). The van der Waals surface area contributed by atoms with Crippen LogP contribution in [0, 0.1) is 10.1 Å². The summed E-state index contributed by atoms with van der Waals surface area (Å²) in [6.07, 6.45) is 0. The Morgan fingerprint density at radius 3 is 1.83 bits per heavy atom. The SMILES string of the molecule is Nc1nc(-c2ccccc2)cc(-c2ccc(Oc3ccc([N+](=O)[O-])cc3)cc2)n1. The molecule has 142 valence electrons. The summed E-state index contributed by atoms with van der Waals surface area (Å²) in [6, 6.07) is 24.9. The van der Waals surface area contributed by atoms with Crippen LogP contribution in [0.2, 0.25) is 0 Å². The van der Waals surface area contributed by atoms with E-state index in [-0.39, 0.29) is 11.6 Å². The van der Waals surface area contributed by atoms with E-state index in [4.69, 9.17) is 10.5 Å². The molecule has 0 saturated carbocycles. The van der Waals surface area contributed by atoms with Gasteiger partial charge in [-0.25, -0.2) is 9.97 Å². The summed E-state index contributed by atoms with van der Waals surface area (Å²) < 4.78 is 5.74. The molecule has 3 aromatic carbocycles. The number of benzene rings is 3. The zero-order valence-electron chi connectivity index (χ0n) is 15.2. The summed E-state index contributed by atoms with van der Waals surface area (Å²) >= 11 is 0. The number of rotatable bonds is 5. The average molecular weight is 384 g/mol. The Labute approximate surface area is 166 Å². The number of hydrogen-bond acceptors (Lipinski definition) is 6. The Morgan fingerprint density at radius 2 is 1.28 bits per heavy atom. The molecule has 0 fully saturated rings. The molecular weight excluding hydrogens is 368 g/mol. The molecule has 7 nitrogen and oxygen atoms in total. The van der Waals surface area contributed by atoms with Crippen LogP contribution in [0.5, 0.6) is 11.5 Å². The van der Waals surface area contributed by atoms with E-state index in [9.17, 15) is 10.1 Å². The lowest BCUT2D eigenvalue weighted by molar-refractivity contribution is -0.384. The summed E-state index contributed by atoms with van der Waals surface area (Å²) in [6.45, 7) is 0. The number of nitro groups is 1. The van der Waals surface area contributed by atoms with Crippen LogP contribution in [-0.4, -0.2) is 14.9 Å². The number of ether oxygens (including phenoxy) is 1. The first-order chi connectivity index (χ1) is 14.1. The molecule has 29 heavy (non-hydrogen) atoms. The van der Waals surface area contributed by atoms with Crippen LogP contribution in [0.4, 0.5) is 11.6 Å². The number of nitrogen functional groups attached to an aromatic ring is 1. The zero-order valence-corrected chi connectivity index (χ0v) is 15.2. The highest BCUT2D eigenvalue weighted by Crippen LogP contribution is 2.28. The number of hydrogen-bond donors (Lipinski definition) is 1. The Kier molecular flexibility index (Phi) is 4.86. The molecule has 2 N–H and O–H groups in total. The van der Waals surface area contributed by atoms with Gasteiger partial charge >= 0.3 is 0 Å². The number of nitrogens with zero attached hydrogens (tertiary/aromatic N) is 3. The summed E-state index contributed by atoms with van der Waals surface area (Å²) in [5.41, 5.74) is 9.20. The maximum absolute atomic E-state index is 10.7. The fourth-order valence-electron chi connectivity index (χ4n) is 2.84. The van der Waals surface area contributed by atoms with Crippen molar-refractivity contribution in [2.75, 3.05) is 5.73 Å². The third-order valence-electron chi connectivity index (χ3n) is 4.25. The molecule has 0 aliphatic carbocycles. The highest BCUT2D eigenvalue weighted by Gasteiger charge is 2.08. The van der Waals surface area contributed by atoms with Crippen molar-refractivity contribution in [3.05, 3.63) is 95.0 Å². The van der Waals surface area contributed by atoms with Gasteiger partial charge in [-0.05, 0) is 42.5 Å². The van der Waals surface area contributed by atoms with Gasteiger partial charge < -0.3 is 10.5 Å². The van der Waals surface area contributed by atoms with Gasteiger partial charge in [0.05, 0.1) is 16.3 Å². The monoisotopic (exact) mass is 384 g/mol. The highest BCUT2D eigenvalue weighted by molar-refractivity contribution is 5.69. The minimum atomic E-state index is -0.449. The van der Waals surface area contributed by atoms with Crippen molar-refractivity contribution in [1.29, 1.82) is 0 Å². The van der Waals surface area contributed by atoms with Gasteiger partial charge in [-0.15, -0.1) is 0 Å². The normalized spacial score (nSPS) is 10.5. The largest absolute Gasteiger partial charge is 0.457 e. The average Bonchev–Trinajstić information content (AvgIpc) is 2.75. The zero-order chi connectivity index (χ0) is 20.2. The second-order valence-electron chi connectivity index (χ2n) is 6.24. The number of non-ortho nitro benzene ring substituents is 1. The van der Waals surface area contributed by atoms with Crippen LogP contribution in [0.25, 0.3) is 22.5 Å². The number of nitro benzene ring substituents is 1. The van der Waals surface area contributed by atoms with E-state index in [1.807, 2.05) is 48.5 Å². The van der Waals surface area contributed by atoms with Gasteiger partial charge in [-0.1, -0.05) is 30.3 Å². The van der Waals surface area contributed by atoms with Crippen molar-refractivity contribution in [1.82, 2.24) is 9.97 Å². The Morgan fingerprint density at radius 1 is 0.759 bits per heavy atom. The molecule has 4 aromatic rings. The van der Waals surface area contributed by atoms with E-state index in [0.29, 0.717) is 17.2 Å². The van der Waals surface area contributed by atoms with Crippen LogP contribution >= 0.6 is 0 Å². The standard InChI is InChI=1S/C22H16N4O3/c23-22-24-20(15-4-2-1-3-5-15)14-21(25-22)16-6-10-18(11-7-16)29-19-12-8-17(9-13-19)26(27)28/h1-14H,(H2,23,24,25). The van der Waals surface area contributed by atoms with Crippen molar-refractivity contribution < 1.29 is 9.66 Å². The predicted octanol–water partition coefficient (Wildman–Crippen LogP) is 5.09. The van der Waals surface area contributed by atoms with Gasteiger partial charge in [0.1, 0.15) is 11.5 Å². The topological polar surface area (TPSA) is 104 Å². The highest BCUT2D eigenvalue weighted by atomic mass is 16.6. The van der Waals surface area contributed by atoms with Crippen LogP contribution in [0.15, 0.2) is 84.9 Å². The lowest BCUT2D eigenvalue weighted by Gasteiger charge is -2.08. The van der Waals surface area contributed by atoms with E-state index in [2.05, 4.69) is 9.97 Å². The van der Waals surface area contributed by atoms with Gasteiger partial charge in [-0.3, -0.25) is 10.1 Å². The second-order valence-corrected chi connectivity index (χ2v) is 6.24. The second kappa shape index (κ2) is 7.77. The first kappa shape index (κ1) is 18.1. The van der Waals surface area contributed by atoms with E-state index < -0.39 is 4.92 Å². The number of anilines is 1. The summed E-state index contributed by atoms with van der Waals surface area (Å²) in [5.74, 6) is 1.32. The molecule has 0 unspecified atom stereocenters. The van der Waals surface area contributed by atoms with Crippen molar-refractivity contribution in [2.45, 2.75) is 0 Å². The van der Waals surface area contributed by atoms with Crippen molar-refractivity contribution in [3.63, 3.8) is 0 Å². The van der Waals surface area contributed by atoms with Crippen LogP contribution < -0.4 is 10.5 Å². The van der Waals surface area contributed by atoms with E-state index in [1.54, 1.807) is 24.3 Å². The molecular formula is C22H16N4O3. The third-order valence-corrected chi connectivity index (χ3v) is 4.25. The molecule has 0 bridgehead atoms. The Hall–Kier alpha value is -4.26. The summed E-state index contributed by atoms with van der Waals surface area (Å²) in [4.78, 5) is 18.9. The lowest BCUT2D eigenvalue weighted by atomic mass is 10.1. The summed E-state index contributed by atoms with van der Waals surface area (Å²) in [5, 5.41) is 10.7. The maximum atomic E-state index is 10.7. The van der Waals surface area contributed by atoms with E-state index >= 15 is 0 Å². The summed E-state index contributed by atoms with van der Waals surface area (Å²) in [7, 11) is 0. The molecule has 1 heterocycles. The molecule has 1 aromatic heterocycles. The first-order valence-corrected chi connectivity index (χ1v) is 8.81. The minimum absolute atomic E-state index is 0.0169. The molecule has 0 radical (unpaired) electrons. The molecule has 0 spiro atoms. The van der Waals surface area contributed by atoms with Crippen molar-refractivity contribution >= 4 is 11.6 Å². The van der Waals surface area contributed by atoms with Crippen molar-refractivity contribution in [2.24, 2.45) is 0 Å². The Bertz CT molecular complexity index is 1150. The fraction of sp³-hybridized carbons (Fsp3) is 0. The molecule has 0 aliphatic heterocycles. The molecule has 0 aliphatic rings. The quantitative estimate of drug-likeness (QED) is 0.379. The van der Waals surface area contributed by atoms with Crippen LogP contribution in [-0.2, 0) is 0 Å². The number of aromatic nitrogens is 2. The van der Waals surface area contributed by atoms with Gasteiger partial charge in [0.15, 0.2) is 0 Å². The molecule has 7 heteroatoms. The molecule has 0 saturated heterocycles. The molecule has 0 atom stereocenters. The fourth-order valence-corrected chi connectivity index (χ4v) is 2.84. The van der Waals surface area contributed by atoms with E-state index in [0.717, 1.165) is 16.8 Å². The lowest BCUT2D eigenvalue weighted by Crippen LogP contribution is -1.98. The van der Waals surface area contributed by atoms with E-state index in [1.165, 1.54) is 12.1 Å². The van der Waals surface area contributed by atoms with Gasteiger partial charge in [0, 0.05) is 23.3 Å². The van der Waals surface area contributed by atoms with Gasteiger partial charge in [-0.2, -0.15) is 0 Å². The smallest absolute Gasteiger partial charge is 0.269 e. The first-order valence-electron chi connectivity index (χ1n) is 8.81. The van der Waals surface area contributed by atoms with Crippen molar-refractivity contribution in [3.8, 4) is 34.0 Å². The third kappa shape index (κ3) is 4.19. The van der Waals surface area contributed by atoms with Gasteiger partial charge in [0.25, 0.3) is 5.69 Å². The minimum Gasteiger partial charge on any atom is -0.457 e. The molecule has 0 amide bonds. The predicted molar refractivity (Wildman–Crippen MR) is 110 cm³/mol. The number of nitrogens with two attached hydrogens (primary N) is 1. The maximum Gasteiger partial charge on any atom is 0.269 e. The van der Waals surface area contributed by atoms with Crippen LogP contribution in [0.3, 0.4) is 0 Å².